The average Bonchev–Trinajstić information content (AvgIpc) is 2.40. The van der Waals surface area contributed by atoms with E-state index in [-0.39, 0.29) is 0 Å². The first-order valence-corrected chi connectivity index (χ1v) is 7.78. The summed E-state index contributed by atoms with van der Waals surface area (Å²) in [4.78, 5) is 2.64. The van der Waals surface area contributed by atoms with Gasteiger partial charge < -0.3 is 5.32 Å². The second-order valence-electron chi connectivity index (χ2n) is 5.50. The van der Waals surface area contributed by atoms with E-state index in [9.17, 15) is 0 Å². The number of hydrogen-bond donors (Lipinski definition) is 1. The minimum atomic E-state index is 0.514. The molecule has 1 aliphatic rings. The van der Waals surface area contributed by atoms with Gasteiger partial charge in [0.2, 0.25) is 0 Å². The molecular formula is C16H25ClN2. The van der Waals surface area contributed by atoms with Gasteiger partial charge in [-0.15, -0.1) is 0 Å². The molecule has 1 aliphatic heterocycles. The lowest BCUT2D eigenvalue weighted by Crippen LogP contribution is -2.42. The van der Waals surface area contributed by atoms with Crippen LogP contribution in [0.5, 0.6) is 0 Å². The van der Waals surface area contributed by atoms with Crippen molar-refractivity contribution in [1.29, 1.82) is 0 Å². The van der Waals surface area contributed by atoms with E-state index in [2.05, 4.69) is 35.3 Å². The Hall–Kier alpha value is -0.570. The molecule has 0 spiro atoms. The Kier molecular flexibility index (Phi) is 5.68. The van der Waals surface area contributed by atoms with Gasteiger partial charge in [-0.25, -0.2) is 0 Å². The van der Waals surface area contributed by atoms with Crippen molar-refractivity contribution < 1.29 is 0 Å². The Morgan fingerprint density at radius 3 is 2.95 bits per heavy atom. The molecule has 1 fully saturated rings. The molecule has 2 unspecified atom stereocenters. The molecule has 0 bridgehead atoms. The molecule has 1 aromatic rings. The quantitative estimate of drug-likeness (QED) is 0.884. The Balaban J connectivity index is 2.26. The zero-order valence-corrected chi connectivity index (χ0v) is 12.8. The largest absolute Gasteiger partial charge is 0.319 e. The Morgan fingerprint density at radius 2 is 2.26 bits per heavy atom. The third-order valence-corrected chi connectivity index (χ3v) is 4.26. The average molecular weight is 281 g/mol. The van der Waals surface area contributed by atoms with Crippen LogP contribution in [0.15, 0.2) is 24.3 Å². The molecule has 1 heterocycles. The van der Waals surface area contributed by atoms with Gasteiger partial charge in [-0.2, -0.15) is 0 Å². The molecule has 3 heteroatoms. The van der Waals surface area contributed by atoms with E-state index in [1.165, 1.54) is 37.9 Å². The topological polar surface area (TPSA) is 15.3 Å². The summed E-state index contributed by atoms with van der Waals surface area (Å²) in [6, 6.07) is 8.92. The molecule has 0 amide bonds. The molecule has 0 radical (unpaired) electrons. The lowest BCUT2D eigenvalue weighted by Gasteiger charge is -2.42. The SMILES string of the molecule is CCCN1CCCC(CNC)C1c1cccc(Cl)c1. The van der Waals surface area contributed by atoms with E-state index in [0.717, 1.165) is 11.6 Å². The lowest BCUT2D eigenvalue weighted by molar-refractivity contribution is 0.0924. The molecule has 2 rings (SSSR count). The van der Waals surface area contributed by atoms with Crippen molar-refractivity contribution in [3.05, 3.63) is 34.9 Å². The van der Waals surface area contributed by atoms with E-state index < -0.39 is 0 Å². The maximum Gasteiger partial charge on any atom is 0.0409 e. The van der Waals surface area contributed by atoms with Crippen LogP contribution in [0.25, 0.3) is 0 Å². The number of piperidine rings is 1. The maximum absolute atomic E-state index is 6.18. The van der Waals surface area contributed by atoms with Crippen LogP contribution in [0.1, 0.15) is 37.8 Å². The number of rotatable bonds is 5. The standard InChI is InChI=1S/C16H25ClN2/c1-3-9-19-10-5-7-14(12-18-2)16(19)13-6-4-8-15(17)11-13/h4,6,8,11,14,16,18H,3,5,7,9-10,12H2,1-2H3. The number of benzene rings is 1. The van der Waals surface area contributed by atoms with E-state index in [4.69, 9.17) is 11.6 Å². The number of halogens is 1. The van der Waals surface area contributed by atoms with Crippen molar-refractivity contribution in [1.82, 2.24) is 10.2 Å². The summed E-state index contributed by atoms with van der Waals surface area (Å²) in [6.07, 6.45) is 3.82. The van der Waals surface area contributed by atoms with Crippen molar-refractivity contribution in [2.75, 3.05) is 26.7 Å². The number of hydrogen-bond acceptors (Lipinski definition) is 2. The van der Waals surface area contributed by atoms with Crippen LogP contribution >= 0.6 is 11.6 Å². The second kappa shape index (κ2) is 7.28. The predicted molar refractivity (Wildman–Crippen MR) is 82.7 cm³/mol. The Bertz CT molecular complexity index is 376. The second-order valence-corrected chi connectivity index (χ2v) is 5.93. The summed E-state index contributed by atoms with van der Waals surface area (Å²) in [5.41, 5.74) is 1.38. The molecular weight excluding hydrogens is 256 g/mol. The van der Waals surface area contributed by atoms with Crippen molar-refractivity contribution in [2.24, 2.45) is 5.92 Å². The van der Waals surface area contributed by atoms with E-state index >= 15 is 0 Å². The van der Waals surface area contributed by atoms with Crippen molar-refractivity contribution >= 4 is 11.6 Å². The van der Waals surface area contributed by atoms with Crippen molar-refractivity contribution in [3.8, 4) is 0 Å². The van der Waals surface area contributed by atoms with E-state index in [1.54, 1.807) is 0 Å². The summed E-state index contributed by atoms with van der Waals surface area (Å²) in [5.74, 6) is 0.684. The molecule has 19 heavy (non-hydrogen) atoms. The first-order chi connectivity index (χ1) is 9.26. The van der Waals surface area contributed by atoms with Gasteiger partial charge in [0.25, 0.3) is 0 Å². The Labute approximate surface area is 122 Å². The fourth-order valence-corrected chi connectivity index (χ4v) is 3.54. The molecule has 1 aromatic carbocycles. The van der Waals surface area contributed by atoms with Crippen LogP contribution in [0, 0.1) is 5.92 Å². The predicted octanol–water partition coefficient (Wildman–Crippen LogP) is 3.72. The summed E-state index contributed by atoms with van der Waals surface area (Å²) in [5, 5.41) is 4.20. The van der Waals surface area contributed by atoms with Crippen LogP contribution in [0.3, 0.4) is 0 Å². The normalized spacial score (nSPS) is 24.6. The number of likely N-dealkylation sites (tertiary alicyclic amines) is 1. The zero-order valence-electron chi connectivity index (χ0n) is 12.0. The van der Waals surface area contributed by atoms with Gasteiger partial charge in [-0.05, 0) is 69.6 Å². The van der Waals surface area contributed by atoms with Crippen LogP contribution < -0.4 is 5.32 Å². The molecule has 2 atom stereocenters. The minimum Gasteiger partial charge on any atom is -0.319 e. The van der Waals surface area contributed by atoms with Gasteiger partial charge >= 0.3 is 0 Å². The first-order valence-electron chi connectivity index (χ1n) is 7.40. The zero-order chi connectivity index (χ0) is 13.7. The summed E-state index contributed by atoms with van der Waals surface area (Å²) in [6.45, 7) is 5.73. The van der Waals surface area contributed by atoms with Crippen molar-refractivity contribution in [3.63, 3.8) is 0 Å². The number of nitrogens with one attached hydrogen (secondary N) is 1. The van der Waals surface area contributed by atoms with Gasteiger partial charge in [0.1, 0.15) is 0 Å². The molecule has 0 aromatic heterocycles. The minimum absolute atomic E-state index is 0.514. The molecule has 106 valence electrons. The highest BCUT2D eigenvalue weighted by Crippen LogP contribution is 2.36. The lowest BCUT2D eigenvalue weighted by atomic mass is 9.84. The fourth-order valence-electron chi connectivity index (χ4n) is 3.34. The number of nitrogens with zero attached hydrogens (tertiary/aromatic N) is 1. The molecule has 0 saturated carbocycles. The monoisotopic (exact) mass is 280 g/mol. The highest BCUT2D eigenvalue weighted by atomic mass is 35.5. The summed E-state index contributed by atoms with van der Waals surface area (Å²) < 4.78 is 0. The first kappa shape index (κ1) is 14.8. The molecule has 0 aliphatic carbocycles. The smallest absolute Gasteiger partial charge is 0.0409 e. The highest BCUT2D eigenvalue weighted by molar-refractivity contribution is 6.30. The third kappa shape index (κ3) is 3.71. The van der Waals surface area contributed by atoms with Gasteiger partial charge in [0.05, 0.1) is 0 Å². The van der Waals surface area contributed by atoms with Crippen LogP contribution in [-0.2, 0) is 0 Å². The summed E-state index contributed by atoms with van der Waals surface area (Å²) >= 11 is 6.18. The van der Waals surface area contributed by atoms with Gasteiger partial charge in [0.15, 0.2) is 0 Å². The van der Waals surface area contributed by atoms with Crippen molar-refractivity contribution in [2.45, 2.75) is 32.2 Å². The van der Waals surface area contributed by atoms with Crippen LogP contribution in [0.4, 0.5) is 0 Å². The van der Waals surface area contributed by atoms with E-state index in [0.29, 0.717) is 12.0 Å². The maximum atomic E-state index is 6.18. The van der Waals surface area contributed by atoms with Gasteiger partial charge in [-0.3, -0.25) is 4.90 Å². The Morgan fingerprint density at radius 1 is 1.42 bits per heavy atom. The fraction of sp³-hybridized carbons (Fsp3) is 0.625. The van der Waals surface area contributed by atoms with Gasteiger partial charge in [0, 0.05) is 11.1 Å². The van der Waals surface area contributed by atoms with Crippen LogP contribution in [0.2, 0.25) is 5.02 Å². The molecule has 1 N–H and O–H groups in total. The van der Waals surface area contributed by atoms with Gasteiger partial charge in [-0.1, -0.05) is 30.7 Å². The molecule has 1 saturated heterocycles. The van der Waals surface area contributed by atoms with E-state index in [1.807, 2.05) is 13.1 Å². The summed E-state index contributed by atoms with van der Waals surface area (Å²) in [7, 11) is 2.05. The van der Waals surface area contributed by atoms with Crippen LogP contribution in [-0.4, -0.2) is 31.6 Å². The third-order valence-electron chi connectivity index (χ3n) is 4.03. The highest BCUT2D eigenvalue weighted by Gasteiger charge is 2.31. The molecule has 2 nitrogen and oxygen atoms in total.